The van der Waals surface area contributed by atoms with Gasteiger partial charge in [-0.05, 0) is 62.4 Å². The van der Waals surface area contributed by atoms with Gasteiger partial charge < -0.3 is 10.2 Å². The summed E-state index contributed by atoms with van der Waals surface area (Å²) in [5, 5.41) is 6.03. The maximum atomic E-state index is 13.0. The molecule has 3 saturated heterocycles. The van der Waals surface area contributed by atoms with Crippen LogP contribution in [-0.2, 0) is 22.7 Å². The average molecular weight is 396 g/mol. The Bertz CT molecular complexity index is 848. The molecule has 0 saturated carbocycles. The van der Waals surface area contributed by atoms with Gasteiger partial charge in [0.1, 0.15) is 6.04 Å². The SMILES string of the molecule is O=C1CCC(N2Cc3c(CN4CCCC4C4CCCN4)cccc3C2=O)C(=O)N1. The van der Waals surface area contributed by atoms with E-state index in [0.717, 1.165) is 25.2 Å². The van der Waals surface area contributed by atoms with E-state index in [2.05, 4.69) is 21.6 Å². The molecule has 4 aliphatic rings. The number of carbonyl (C=O) groups excluding carboxylic acids is 3. The van der Waals surface area contributed by atoms with Crippen molar-refractivity contribution in [3.8, 4) is 0 Å². The second-order valence-corrected chi connectivity index (χ2v) is 8.73. The highest BCUT2D eigenvalue weighted by atomic mass is 16.2. The first-order chi connectivity index (χ1) is 14.1. The molecule has 0 radical (unpaired) electrons. The van der Waals surface area contributed by atoms with Crippen LogP contribution in [0.15, 0.2) is 18.2 Å². The predicted molar refractivity (Wildman–Crippen MR) is 107 cm³/mol. The zero-order valence-electron chi connectivity index (χ0n) is 16.7. The number of hydrogen-bond donors (Lipinski definition) is 2. The first-order valence-corrected chi connectivity index (χ1v) is 10.8. The highest BCUT2D eigenvalue weighted by molar-refractivity contribution is 6.05. The van der Waals surface area contributed by atoms with E-state index >= 15 is 0 Å². The fraction of sp³-hybridized carbons (Fsp3) is 0.591. The highest BCUT2D eigenvalue weighted by Crippen LogP contribution is 2.32. The number of benzene rings is 1. The third-order valence-electron chi connectivity index (χ3n) is 7.03. The number of rotatable bonds is 4. The van der Waals surface area contributed by atoms with Crippen LogP contribution >= 0.6 is 0 Å². The van der Waals surface area contributed by atoms with Crippen molar-refractivity contribution in [2.45, 2.75) is 69.7 Å². The lowest BCUT2D eigenvalue weighted by Crippen LogP contribution is -2.52. The normalized spacial score (nSPS) is 30.1. The number of piperidine rings is 1. The minimum Gasteiger partial charge on any atom is -0.322 e. The third-order valence-corrected chi connectivity index (χ3v) is 7.03. The van der Waals surface area contributed by atoms with Crippen molar-refractivity contribution in [3.05, 3.63) is 34.9 Å². The average Bonchev–Trinajstić information content (AvgIpc) is 3.43. The number of likely N-dealkylation sites (tertiary alicyclic amines) is 1. The Morgan fingerprint density at radius 1 is 1.07 bits per heavy atom. The van der Waals surface area contributed by atoms with Gasteiger partial charge in [-0.2, -0.15) is 0 Å². The second-order valence-electron chi connectivity index (χ2n) is 8.73. The zero-order valence-corrected chi connectivity index (χ0v) is 16.7. The van der Waals surface area contributed by atoms with Crippen molar-refractivity contribution in [1.29, 1.82) is 0 Å². The van der Waals surface area contributed by atoms with Gasteiger partial charge in [0.15, 0.2) is 0 Å². The lowest BCUT2D eigenvalue weighted by molar-refractivity contribution is -0.136. The molecule has 7 heteroatoms. The van der Waals surface area contributed by atoms with Gasteiger partial charge in [-0.25, -0.2) is 0 Å². The van der Waals surface area contributed by atoms with Crippen LogP contribution in [-0.4, -0.2) is 58.7 Å². The fourth-order valence-corrected chi connectivity index (χ4v) is 5.56. The first kappa shape index (κ1) is 18.8. The van der Waals surface area contributed by atoms with Crippen LogP contribution < -0.4 is 10.6 Å². The largest absolute Gasteiger partial charge is 0.322 e. The van der Waals surface area contributed by atoms with E-state index in [1.165, 1.54) is 31.2 Å². The number of hydrogen-bond acceptors (Lipinski definition) is 5. The molecule has 1 aromatic rings. The number of nitrogens with one attached hydrogen (secondary N) is 2. The van der Waals surface area contributed by atoms with Crippen molar-refractivity contribution in [1.82, 2.24) is 20.4 Å². The molecule has 0 aromatic heterocycles. The van der Waals surface area contributed by atoms with Crippen LogP contribution in [0.3, 0.4) is 0 Å². The molecule has 5 rings (SSSR count). The van der Waals surface area contributed by atoms with Gasteiger partial charge in [0, 0.05) is 37.2 Å². The third kappa shape index (κ3) is 3.36. The molecule has 3 atom stereocenters. The predicted octanol–water partition coefficient (Wildman–Crippen LogP) is 1.16. The van der Waals surface area contributed by atoms with Crippen molar-refractivity contribution in [2.24, 2.45) is 0 Å². The van der Waals surface area contributed by atoms with Gasteiger partial charge in [-0.3, -0.25) is 24.6 Å². The quantitative estimate of drug-likeness (QED) is 0.747. The molecular weight excluding hydrogens is 368 g/mol. The smallest absolute Gasteiger partial charge is 0.255 e. The molecule has 0 aliphatic carbocycles. The molecule has 29 heavy (non-hydrogen) atoms. The summed E-state index contributed by atoms with van der Waals surface area (Å²) in [5.74, 6) is -0.695. The molecule has 1 aromatic carbocycles. The summed E-state index contributed by atoms with van der Waals surface area (Å²) in [6.07, 6.45) is 5.64. The van der Waals surface area contributed by atoms with Gasteiger partial charge in [0.25, 0.3) is 5.91 Å². The number of amides is 3. The summed E-state index contributed by atoms with van der Waals surface area (Å²) < 4.78 is 0. The molecule has 3 unspecified atom stereocenters. The first-order valence-electron chi connectivity index (χ1n) is 10.8. The summed E-state index contributed by atoms with van der Waals surface area (Å²) in [7, 11) is 0. The van der Waals surface area contributed by atoms with Crippen molar-refractivity contribution in [2.75, 3.05) is 13.1 Å². The lowest BCUT2D eigenvalue weighted by Gasteiger charge is -2.30. The molecular formula is C22H28N4O3. The van der Waals surface area contributed by atoms with E-state index in [1.807, 2.05) is 12.1 Å². The van der Waals surface area contributed by atoms with Crippen molar-refractivity contribution < 1.29 is 14.4 Å². The zero-order chi connectivity index (χ0) is 20.0. The molecule has 3 fully saturated rings. The van der Waals surface area contributed by atoms with Gasteiger partial charge >= 0.3 is 0 Å². The summed E-state index contributed by atoms with van der Waals surface area (Å²) in [6, 6.07) is 6.54. The van der Waals surface area contributed by atoms with E-state index in [4.69, 9.17) is 0 Å². The van der Waals surface area contributed by atoms with Crippen molar-refractivity contribution in [3.63, 3.8) is 0 Å². The summed E-state index contributed by atoms with van der Waals surface area (Å²) in [5.41, 5.74) is 2.95. The standard InChI is InChI=1S/C22H28N4O3/c27-20-9-8-19(21(28)24-20)26-13-16-14(4-1-5-15(16)22(26)29)12-25-11-3-7-18(25)17-6-2-10-23-17/h1,4-5,17-19,23H,2-3,6-13H2,(H,24,27,28). The van der Waals surface area contributed by atoms with Crippen LogP contribution in [0.5, 0.6) is 0 Å². The van der Waals surface area contributed by atoms with E-state index in [0.29, 0.717) is 30.6 Å². The van der Waals surface area contributed by atoms with Crippen LogP contribution in [0, 0.1) is 0 Å². The maximum absolute atomic E-state index is 13.0. The summed E-state index contributed by atoms with van der Waals surface area (Å²) >= 11 is 0. The fourth-order valence-electron chi connectivity index (χ4n) is 5.56. The van der Waals surface area contributed by atoms with Crippen LogP contribution in [0.25, 0.3) is 0 Å². The summed E-state index contributed by atoms with van der Waals surface area (Å²) in [6.45, 7) is 3.52. The molecule has 7 nitrogen and oxygen atoms in total. The number of carbonyl (C=O) groups is 3. The molecule has 0 bridgehead atoms. The lowest BCUT2D eigenvalue weighted by atomic mass is 10.0. The second kappa shape index (κ2) is 7.54. The van der Waals surface area contributed by atoms with Gasteiger partial charge in [-0.1, -0.05) is 12.1 Å². The van der Waals surface area contributed by atoms with Gasteiger partial charge in [0.2, 0.25) is 11.8 Å². The Kier molecular flexibility index (Phi) is 4.87. The van der Waals surface area contributed by atoms with Crippen LogP contribution in [0.1, 0.15) is 60.0 Å². The number of nitrogens with zero attached hydrogens (tertiary/aromatic N) is 2. The topological polar surface area (TPSA) is 81.8 Å². The van der Waals surface area contributed by atoms with E-state index < -0.39 is 6.04 Å². The Balaban J connectivity index is 1.35. The van der Waals surface area contributed by atoms with Crippen LogP contribution in [0.2, 0.25) is 0 Å². The summed E-state index contributed by atoms with van der Waals surface area (Å²) in [4.78, 5) is 41.0. The molecule has 2 N–H and O–H groups in total. The van der Waals surface area contributed by atoms with Gasteiger partial charge in [0.05, 0.1) is 0 Å². The van der Waals surface area contributed by atoms with Gasteiger partial charge in [-0.15, -0.1) is 0 Å². The molecule has 4 heterocycles. The molecule has 3 amide bonds. The molecule has 154 valence electrons. The minimum absolute atomic E-state index is 0.0909. The maximum Gasteiger partial charge on any atom is 0.255 e. The molecule has 4 aliphatic heterocycles. The minimum atomic E-state index is -0.553. The highest BCUT2D eigenvalue weighted by Gasteiger charge is 2.40. The Hall–Kier alpha value is -2.25. The number of imide groups is 1. The van der Waals surface area contributed by atoms with Crippen LogP contribution in [0.4, 0.5) is 0 Å². The molecule has 0 spiro atoms. The van der Waals surface area contributed by atoms with E-state index in [-0.39, 0.29) is 24.1 Å². The Morgan fingerprint density at radius 2 is 1.97 bits per heavy atom. The Morgan fingerprint density at radius 3 is 2.76 bits per heavy atom. The van der Waals surface area contributed by atoms with E-state index in [9.17, 15) is 14.4 Å². The number of fused-ring (bicyclic) bond motifs is 1. The van der Waals surface area contributed by atoms with Crippen molar-refractivity contribution >= 4 is 17.7 Å². The van der Waals surface area contributed by atoms with E-state index in [1.54, 1.807) is 4.90 Å². The monoisotopic (exact) mass is 396 g/mol. The Labute approximate surface area is 170 Å².